The normalized spacial score (nSPS) is 27.5. The second kappa shape index (κ2) is 6.27. The standard InChI is InChI=1S/C15H21ClN2S/c16-13-6-4-2-1-3-5-12(13)15(11-7-8-11)18-14-9-19-10-17-14/h9-10,12-13,18H,1-8H2. The number of halogens is 1. The van der Waals surface area contributed by atoms with Crippen molar-refractivity contribution in [3.05, 3.63) is 22.2 Å². The van der Waals surface area contributed by atoms with E-state index < -0.39 is 0 Å². The van der Waals surface area contributed by atoms with E-state index in [0.29, 0.717) is 5.92 Å². The lowest BCUT2D eigenvalue weighted by Gasteiger charge is -2.27. The number of alkyl halides is 1. The van der Waals surface area contributed by atoms with Gasteiger partial charge in [-0.3, -0.25) is 0 Å². The van der Waals surface area contributed by atoms with Crippen molar-refractivity contribution in [3.63, 3.8) is 0 Å². The number of aromatic nitrogens is 1. The summed E-state index contributed by atoms with van der Waals surface area (Å²) in [7, 11) is 0. The second-order valence-corrected chi connectivity index (χ2v) is 6.91. The smallest absolute Gasteiger partial charge is 0.141 e. The average molecular weight is 297 g/mol. The summed E-state index contributed by atoms with van der Waals surface area (Å²) in [6, 6.07) is 0. The van der Waals surface area contributed by atoms with Crippen LogP contribution in [0.2, 0.25) is 0 Å². The zero-order valence-electron chi connectivity index (χ0n) is 11.2. The molecule has 0 aliphatic heterocycles. The fourth-order valence-electron chi connectivity index (χ4n) is 2.95. The number of anilines is 1. The molecule has 0 saturated heterocycles. The molecule has 2 aliphatic carbocycles. The lowest BCUT2D eigenvalue weighted by atomic mass is 9.87. The van der Waals surface area contributed by atoms with Crippen LogP contribution in [-0.4, -0.2) is 10.4 Å². The third kappa shape index (κ3) is 3.51. The molecular weight excluding hydrogens is 276 g/mol. The monoisotopic (exact) mass is 296 g/mol. The van der Waals surface area contributed by atoms with Crippen LogP contribution in [0.25, 0.3) is 0 Å². The van der Waals surface area contributed by atoms with Crippen LogP contribution < -0.4 is 5.32 Å². The number of rotatable bonds is 3. The van der Waals surface area contributed by atoms with Gasteiger partial charge in [-0.2, -0.15) is 0 Å². The minimum atomic E-state index is 0.287. The maximum Gasteiger partial charge on any atom is 0.141 e. The third-order valence-electron chi connectivity index (χ3n) is 4.13. The zero-order chi connectivity index (χ0) is 13.1. The maximum absolute atomic E-state index is 6.67. The van der Waals surface area contributed by atoms with Crippen LogP contribution in [0.4, 0.5) is 5.82 Å². The van der Waals surface area contributed by atoms with Crippen molar-refractivity contribution in [1.82, 2.24) is 4.98 Å². The molecule has 2 aliphatic rings. The summed E-state index contributed by atoms with van der Waals surface area (Å²) < 4.78 is 0. The molecule has 2 fully saturated rings. The second-order valence-electron chi connectivity index (χ2n) is 5.63. The zero-order valence-corrected chi connectivity index (χ0v) is 12.8. The SMILES string of the molecule is ClC1CCCCCCC1C(Nc1cscn1)=C1CC1. The van der Waals surface area contributed by atoms with Crippen LogP contribution in [0.1, 0.15) is 51.4 Å². The molecule has 0 spiro atoms. The summed E-state index contributed by atoms with van der Waals surface area (Å²) in [5, 5.41) is 5.93. The molecule has 2 unspecified atom stereocenters. The van der Waals surface area contributed by atoms with Crippen molar-refractivity contribution in [2.24, 2.45) is 5.92 Å². The number of hydrogen-bond acceptors (Lipinski definition) is 3. The van der Waals surface area contributed by atoms with E-state index in [2.05, 4.69) is 15.7 Å². The van der Waals surface area contributed by atoms with Gasteiger partial charge in [0.1, 0.15) is 5.82 Å². The molecule has 1 aromatic heterocycles. The van der Waals surface area contributed by atoms with Crippen molar-refractivity contribution in [2.45, 2.75) is 56.7 Å². The molecule has 3 rings (SSSR count). The van der Waals surface area contributed by atoms with Gasteiger partial charge in [0, 0.05) is 22.4 Å². The Morgan fingerprint density at radius 1 is 1.21 bits per heavy atom. The Morgan fingerprint density at radius 3 is 2.68 bits per heavy atom. The Bertz CT molecular complexity index is 435. The van der Waals surface area contributed by atoms with Crippen molar-refractivity contribution >= 4 is 28.8 Å². The summed E-state index contributed by atoms with van der Waals surface area (Å²) in [5.74, 6) is 1.49. The van der Waals surface area contributed by atoms with Crippen LogP contribution in [0.5, 0.6) is 0 Å². The molecule has 1 heterocycles. The van der Waals surface area contributed by atoms with Gasteiger partial charge in [0.25, 0.3) is 0 Å². The molecule has 1 aromatic rings. The minimum absolute atomic E-state index is 0.287. The Morgan fingerprint density at radius 2 is 2.00 bits per heavy atom. The van der Waals surface area contributed by atoms with Gasteiger partial charge in [0.15, 0.2) is 0 Å². The molecular formula is C15H21ClN2S. The quantitative estimate of drug-likeness (QED) is 0.777. The Balaban J connectivity index is 1.77. The van der Waals surface area contributed by atoms with E-state index in [9.17, 15) is 0 Å². The summed E-state index contributed by atoms with van der Waals surface area (Å²) in [5.41, 5.74) is 4.85. The molecule has 0 aromatic carbocycles. The van der Waals surface area contributed by atoms with E-state index in [1.54, 1.807) is 16.9 Å². The van der Waals surface area contributed by atoms with Gasteiger partial charge in [-0.05, 0) is 31.3 Å². The summed E-state index contributed by atoms with van der Waals surface area (Å²) in [4.78, 5) is 4.36. The minimum Gasteiger partial charge on any atom is -0.343 e. The predicted octanol–water partition coefficient (Wildman–Crippen LogP) is 5.18. The topological polar surface area (TPSA) is 24.9 Å². The van der Waals surface area contributed by atoms with E-state index in [1.165, 1.54) is 50.6 Å². The van der Waals surface area contributed by atoms with Crippen LogP contribution in [0, 0.1) is 5.92 Å². The largest absolute Gasteiger partial charge is 0.343 e. The molecule has 0 amide bonds. The van der Waals surface area contributed by atoms with Gasteiger partial charge in [-0.25, -0.2) is 4.98 Å². The first kappa shape index (κ1) is 13.4. The van der Waals surface area contributed by atoms with Gasteiger partial charge < -0.3 is 5.32 Å². The molecule has 4 heteroatoms. The molecule has 0 bridgehead atoms. The van der Waals surface area contributed by atoms with Crippen molar-refractivity contribution in [3.8, 4) is 0 Å². The fourth-order valence-corrected chi connectivity index (χ4v) is 3.84. The number of nitrogens with zero attached hydrogens (tertiary/aromatic N) is 1. The van der Waals surface area contributed by atoms with Gasteiger partial charge in [-0.1, -0.05) is 25.7 Å². The number of hydrogen-bond donors (Lipinski definition) is 1. The predicted molar refractivity (Wildman–Crippen MR) is 82.8 cm³/mol. The molecule has 104 valence electrons. The Labute approximate surface area is 124 Å². The van der Waals surface area contributed by atoms with Crippen LogP contribution in [0.15, 0.2) is 22.2 Å². The molecule has 2 atom stereocenters. The maximum atomic E-state index is 6.67. The highest BCUT2D eigenvalue weighted by Gasteiger charge is 2.30. The summed E-state index contributed by atoms with van der Waals surface area (Å²) in [6.45, 7) is 0. The first-order valence-electron chi connectivity index (χ1n) is 7.36. The summed E-state index contributed by atoms with van der Waals surface area (Å²) >= 11 is 8.31. The summed E-state index contributed by atoms with van der Waals surface area (Å²) in [6.07, 6.45) is 10.2. The highest BCUT2D eigenvalue weighted by atomic mass is 35.5. The fraction of sp³-hybridized carbons (Fsp3) is 0.667. The van der Waals surface area contributed by atoms with E-state index in [4.69, 9.17) is 11.6 Å². The van der Waals surface area contributed by atoms with Crippen molar-refractivity contribution in [1.29, 1.82) is 0 Å². The van der Waals surface area contributed by atoms with Crippen LogP contribution in [0.3, 0.4) is 0 Å². The number of thiazole rings is 1. The molecule has 0 radical (unpaired) electrons. The van der Waals surface area contributed by atoms with E-state index in [-0.39, 0.29) is 5.38 Å². The molecule has 2 nitrogen and oxygen atoms in total. The van der Waals surface area contributed by atoms with Crippen molar-refractivity contribution in [2.75, 3.05) is 5.32 Å². The molecule has 2 saturated carbocycles. The molecule has 19 heavy (non-hydrogen) atoms. The van der Waals surface area contributed by atoms with Crippen molar-refractivity contribution < 1.29 is 0 Å². The van der Waals surface area contributed by atoms with Gasteiger partial charge >= 0.3 is 0 Å². The van der Waals surface area contributed by atoms with Gasteiger partial charge in [0.2, 0.25) is 0 Å². The van der Waals surface area contributed by atoms with Crippen LogP contribution in [-0.2, 0) is 0 Å². The Hall–Kier alpha value is -0.540. The highest BCUT2D eigenvalue weighted by molar-refractivity contribution is 7.07. The lowest BCUT2D eigenvalue weighted by molar-refractivity contribution is 0.427. The van der Waals surface area contributed by atoms with E-state index >= 15 is 0 Å². The number of allylic oxidation sites excluding steroid dienone is 2. The van der Waals surface area contributed by atoms with E-state index in [1.807, 2.05) is 5.51 Å². The highest BCUT2D eigenvalue weighted by Crippen LogP contribution is 2.40. The Kier molecular flexibility index (Phi) is 4.44. The first-order chi connectivity index (χ1) is 9.34. The average Bonchev–Trinajstić information content (AvgIpc) is 3.11. The number of nitrogens with one attached hydrogen (secondary N) is 1. The van der Waals surface area contributed by atoms with Gasteiger partial charge in [0.05, 0.1) is 5.51 Å². The lowest BCUT2D eigenvalue weighted by Crippen LogP contribution is -2.23. The van der Waals surface area contributed by atoms with Crippen LogP contribution >= 0.6 is 22.9 Å². The van der Waals surface area contributed by atoms with Gasteiger partial charge in [-0.15, -0.1) is 22.9 Å². The molecule has 1 N–H and O–H groups in total. The van der Waals surface area contributed by atoms with E-state index in [0.717, 1.165) is 12.2 Å². The third-order valence-corrected chi connectivity index (χ3v) is 5.24. The first-order valence-corrected chi connectivity index (χ1v) is 8.73.